The van der Waals surface area contributed by atoms with Crippen molar-refractivity contribution in [1.82, 2.24) is 0 Å². The lowest BCUT2D eigenvalue weighted by Gasteiger charge is -2.13. The molecule has 0 aromatic heterocycles. The van der Waals surface area contributed by atoms with Crippen LogP contribution in [-0.4, -0.2) is 17.5 Å². The summed E-state index contributed by atoms with van der Waals surface area (Å²) in [4.78, 5) is 0. The molecule has 0 radical (unpaired) electrons. The molecule has 0 fully saturated rings. The second kappa shape index (κ2) is 4.06. The first-order valence-corrected chi connectivity index (χ1v) is 5.73. The summed E-state index contributed by atoms with van der Waals surface area (Å²) < 4.78 is 7.85. The lowest BCUT2D eigenvalue weighted by molar-refractivity contribution is -0.476. The minimum Gasteiger partial charge on any atom is -0.435 e. The van der Waals surface area contributed by atoms with Crippen molar-refractivity contribution in [3.8, 4) is 5.75 Å². The van der Waals surface area contributed by atoms with Crippen molar-refractivity contribution < 1.29 is 9.31 Å². The van der Waals surface area contributed by atoms with Gasteiger partial charge in [0.2, 0.25) is 5.69 Å². The van der Waals surface area contributed by atoms with Gasteiger partial charge >= 0.3 is 0 Å². The highest BCUT2D eigenvalue weighted by Gasteiger charge is 2.18. The molecule has 0 aliphatic carbocycles. The van der Waals surface area contributed by atoms with Crippen molar-refractivity contribution >= 4 is 11.9 Å². The summed E-state index contributed by atoms with van der Waals surface area (Å²) >= 11 is 0. The predicted molar refractivity (Wildman–Crippen MR) is 68.2 cm³/mol. The molecule has 2 nitrogen and oxygen atoms in total. The van der Waals surface area contributed by atoms with Crippen LogP contribution < -0.4 is 4.74 Å². The van der Waals surface area contributed by atoms with Crippen LogP contribution in [0.3, 0.4) is 0 Å². The smallest absolute Gasteiger partial charge is 0.292 e. The molecule has 1 heterocycles. The van der Waals surface area contributed by atoms with E-state index in [2.05, 4.69) is 42.0 Å². The van der Waals surface area contributed by atoms with Crippen molar-refractivity contribution in [3.05, 3.63) is 59.7 Å². The van der Waals surface area contributed by atoms with Gasteiger partial charge in [0.1, 0.15) is 5.75 Å². The molecular formula is C15H14NO+. The van der Waals surface area contributed by atoms with Gasteiger partial charge in [-0.15, -0.1) is 0 Å². The molecule has 0 N–H and O–H groups in total. The summed E-state index contributed by atoms with van der Waals surface area (Å²) in [5, 5.41) is 0. The van der Waals surface area contributed by atoms with Gasteiger partial charge in [-0.2, -0.15) is 4.58 Å². The molecule has 0 atom stereocenters. The summed E-state index contributed by atoms with van der Waals surface area (Å²) in [5.74, 6) is 0.961. The topological polar surface area (TPSA) is 12.2 Å². The van der Waals surface area contributed by atoms with E-state index >= 15 is 0 Å². The molecule has 3 rings (SSSR count). The van der Waals surface area contributed by atoms with Gasteiger partial charge in [0.25, 0.3) is 6.73 Å². The van der Waals surface area contributed by atoms with Crippen molar-refractivity contribution in [2.75, 3.05) is 6.73 Å². The SMILES string of the molecule is Cc1ccc2c(c1)C=[N+](c1ccccc1)CO2. The van der Waals surface area contributed by atoms with E-state index in [9.17, 15) is 0 Å². The summed E-state index contributed by atoms with van der Waals surface area (Å²) in [6.07, 6.45) is 2.14. The second-order valence-electron chi connectivity index (χ2n) is 4.25. The predicted octanol–water partition coefficient (Wildman–Crippen LogP) is 3.11. The third kappa shape index (κ3) is 1.94. The molecule has 1 aliphatic heterocycles. The van der Waals surface area contributed by atoms with Crippen LogP contribution in [0.4, 0.5) is 5.69 Å². The standard InChI is InChI=1S/C15H14NO/c1-12-7-8-15-13(9-12)10-16(11-17-15)14-5-3-2-4-6-14/h2-10H,11H2,1H3/q+1. The third-order valence-corrected chi connectivity index (χ3v) is 2.91. The van der Waals surface area contributed by atoms with Crippen LogP contribution >= 0.6 is 0 Å². The maximum atomic E-state index is 5.74. The number of aryl methyl sites for hydroxylation is 1. The largest absolute Gasteiger partial charge is 0.435 e. The Kier molecular flexibility index (Phi) is 2.41. The van der Waals surface area contributed by atoms with Gasteiger partial charge in [0, 0.05) is 12.1 Å². The van der Waals surface area contributed by atoms with Gasteiger partial charge in [-0.25, -0.2) is 0 Å². The molecule has 0 bridgehead atoms. The van der Waals surface area contributed by atoms with Gasteiger partial charge in [0.15, 0.2) is 6.21 Å². The minimum absolute atomic E-state index is 0.570. The summed E-state index contributed by atoms with van der Waals surface area (Å²) in [6, 6.07) is 16.5. The number of fused-ring (bicyclic) bond motifs is 1. The normalized spacial score (nSPS) is 13.6. The number of hydrogen-bond donors (Lipinski definition) is 0. The number of nitrogens with zero attached hydrogens (tertiary/aromatic N) is 1. The Morgan fingerprint density at radius 3 is 2.71 bits per heavy atom. The van der Waals surface area contributed by atoms with E-state index < -0.39 is 0 Å². The van der Waals surface area contributed by atoms with Crippen LogP contribution in [0, 0.1) is 6.92 Å². The van der Waals surface area contributed by atoms with Crippen molar-refractivity contribution in [3.63, 3.8) is 0 Å². The molecule has 0 amide bonds. The first kappa shape index (κ1) is 10.1. The molecular weight excluding hydrogens is 210 g/mol. The summed E-state index contributed by atoms with van der Waals surface area (Å²) in [5.41, 5.74) is 3.54. The summed E-state index contributed by atoms with van der Waals surface area (Å²) in [7, 11) is 0. The molecule has 0 unspecified atom stereocenters. The highest BCUT2D eigenvalue weighted by atomic mass is 16.5. The zero-order valence-electron chi connectivity index (χ0n) is 9.76. The van der Waals surface area contributed by atoms with E-state index in [1.807, 2.05) is 24.3 Å². The van der Waals surface area contributed by atoms with Gasteiger partial charge in [-0.1, -0.05) is 29.8 Å². The molecule has 84 valence electrons. The first-order valence-electron chi connectivity index (χ1n) is 5.73. The molecule has 2 aromatic carbocycles. The first-order chi connectivity index (χ1) is 8.33. The lowest BCUT2D eigenvalue weighted by Crippen LogP contribution is -2.20. The highest BCUT2D eigenvalue weighted by molar-refractivity contribution is 5.81. The number of hydrogen-bond acceptors (Lipinski definition) is 1. The summed E-state index contributed by atoms with van der Waals surface area (Å²) in [6.45, 7) is 2.66. The van der Waals surface area contributed by atoms with Gasteiger partial charge in [-0.3, -0.25) is 0 Å². The van der Waals surface area contributed by atoms with Crippen molar-refractivity contribution in [1.29, 1.82) is 0 Å². The Morgan fingerprint density at radius 1 is 1.06 bits per heavy atom. The average Bonchev–Trinajstić information content (AvgIpc) is 2.39. The Hall–Kier alpha value is -2.09. The van der Waals surface area contributed by atoms with E-state index in [0.717, 1.165) is 17.0 Å². The number of ether oxygens (including phenoxy) is 1. The molecule has 0 saturated carbocycles. The molecule has 0 saturated heterocycles. The second-order valence-corrected chi connectivity index (χ2v) is 4.25. The van der Waals surface area contributed by atoms with Crippen LogP contribution in [0.1, 0.15) is 11.1 Å². The molecule has 2 aromatic rings. The zero-order chi connectivity index (χ0) is 11.7. The van der Waals surface area contributed by atoms with Gasteiger partial charge < -0.3 is 4.74 Å². The Labute approximate surface area is 101 Å². The quantitative estimate of drug-likeness (QED) is 0.678. The van der Waals surface area contributed by atoms with Gasteiger partial charge in [0.05, 0.1) is 5.56 Å². The minimum atomic E-state index is 0.570. The van der Waals surface area contributed by atoms with Crippen LogP contribution in [0.2, 0.25) is 0 Å². The molecule has 2 heteroatoms. The number of rotatable bonds is 1. The average molecular weight is 224 g/mol. The third-order valence-electron chi connectivity index (χ3n) is 2.91. The van der Waals surface area contributed by atoms with E-state index in [4.69, 9.17) is 4.74 Å². The Bertz CT molecular complexity index is 573. The maximum Gasteiger partial charge on any atom is 0.292 e. The monoisotopic (exact) mass is 224 g/mol. The van der Waals surface area contributed by atoms with Crippen LogP contribution in [0.15, 0.2) is 48.5 Å². The van der Waals surface area contributed by atoms with E-state index in [-0.39, 0.29) is 0 Å². The maximum absolute atomic E-state index is 5.74. The van der Waals surface area contributed by atoms with Gasteiger partial charge in [-0.05, 0) is 19.1 Å². The molecule has 0 spiro atoms. The fraction of sp³-hybridized carbons (Fsp3) is 0.133. The molecule has 1 aliphatic rings. The lowest BCUT2D eigenvalue weighted by atomic mass is 10.1. The van der Waals surface area contributed by atoms with Crippen molar-refractivity contribution in [2.24, 2.45) is 0 Å². The van der Waals surface area contributed by atoms with E-state index in [1.165, 1.54) is 5.56 Å². The van der Waals surface area contributed by atoms with Crippen LogP contribution in [0.5, 0.6) is 5.75 Å². The fourth-order valence-corrected chi connectivity index (χ4v) is 2.01. The highest BCUT2D eigenvalue weighted by Crippen LogP contribution is 2.23. The Morgan fingerprint density at radius 2 is 1.88 bits per heavy atom. The molecule has 17 heavy (non-hydrogen) atoms. The Balaban J connectivity index is 2.05. The van der Waals surface area contributed by atoms with Crippen molar-refractivity contribution in [2.45, 2.75) is 6.92 Å². The fourth-order valence-electron chi connectivity index (χ4n) is 2.01. The van der Waals surface area contributed by atoms with Crippen LogP contribution in [-0.2, 0) is 0 Å². The zero-order valence-corrected chi connectivity index (χ0v) is 9.76. The number of para-hydroxylation sites is 1. The van der Waals surface area contributed by atoms with E-state index in [0.29, 0.717) is 6.73 Å². The number of benzene rings is 2. The van der Waals surface area contributed by atoms with E-state index in [1.54, 1.807) is 0 Å². The van der Waals surface area contributed by atoms with Crippen LogP contribution in [0.25, 0.3) is 0 Å².